The van der Waals surface area contributed by atoms with Gasteiger partial charge < -0.3 is 20.4 Å². The number of hydrogen-bond acceptors (Lipinski definition) is 3. The van der Waals surface area contributed by atoms with E-state index >= 15 is 0 Å². The number of nitrogens with zero attached hydrogens (tertiary/aromatic N) is 1. The Labute approximate surface area is 154 Å². The fourth-order valence-electron chi connectivity index (χ4n) is 2.57. The molecule has 8 heteroatoms. The number of carboxylic acids is 1. The molecule has 1 aromatic carbocycles. The molecule has 0 saturated carbocycles. The average molecular weight is 373 g/mol. The number of anilines is 1. The van der Waals surface area contributed by atoms with Gasteiger partial charge in [0, 0.05) is 17.6 Å². The smallest absolute Gasteiger partial charge is 0.337 e. The highest BCUT2D eigenvalue weighted by molar-refractivity contribution is 6.30. The number of carboxylic acid groups (broad SMARTS) is 1. The van der Waals surface area contributed by atoms with Crippen molar-refractivity contribution in [1.82, 2.24) is 15.0 Å². The highest BCUT2D eigenvalue weighted by Crippen LogP contribution is 2.25. The number of nitrogens with one attached hydrogen (secondary N) is 3. The third kappa shape index (κ3) is 3.48. The minimum atomic E-state index is -0.989. The molecule has 0 saturated heterocycles. The second-order valence-corrected chi connectivity index (χ2v) is 6.16. The minimum Gasteiger partial charge on any atom is -0.478 e. The van der Waals surface area contributed by atoms with E-state index in [-0.39, 0.29) is 17.3 Å². The first kappa shape index (κ1) is 17.8. The van der Waals surface area contributed by atoms with Crippen LogP contribution in [-0.2, 0) is 6.42 Å². The number of halogens is 1. The summed E-state index contributed by atoms with van der Waals surface area (Å²) in [5.41, 5.74) is 3.88. The van der Waals surface area contributed by atoms with Crippen LogP contribution in [0, 0.1) is 6.92 Å². The predicted octanol–water partition coefficient (Wildman–Crippen LogP) is 3.88. The van der Waals surface area contributed by atoms with Gasteiger partial charge in [-0.25, -0.2) is 9.78 Å². The van der Waals surface area contributed by atoms with Crippen LogP contribution in [0.3, 0.4) is 0 Å². The van der Waals surface area contributed by atoms with Gasteiger partial charge in [-0.3, -0.25) is 4.79 Å². The van der Waals surface area contributed by atoms with Crippen LogP contribution in [0.1, 0.15) is 39.2 Å². The van der Waals surface area contributed by atoms with Gasteiger partial charge >= 0.3 is 5.97 Å². The van der Waals surface area contributed by atoms with Crippen molar-refractivity contribution in [2.24, 2.45) is 0 Å². The maximum Gasteiger partial charge on any atom is 0.337 e. The number of aromatic amines is 2. The monoisotopic (exact) mass is 372 g/mol. The Morgan fingerprint density at radius 3 is 2.65 bits per heavy atom. The van der Waals surface area contributed by atoms with Crippen LogP contribution in [0.5, 0.6) is 0 Å². The summed E-state index contributed by atoms with van der Waals surface area (Å²) in [6.07, 6.45) is 2.09. The normalized spacial score (nSPS) is 10.7. The Hall–Kier alpha value is -3.06. The molecule has 0 bridgehead atoms. The van der Waals surface area contributed by atoms with Crippen molar-refractivity contribution in [3.8, 4) is 11.3 Å². The molecule has 0 spiro atoms. The molecule has 3 aromatic rings. The molecule has 0 aliphatic rings. The zero-order valence-corrected chi connectivity index (χ0v) is 14.9. The molecular weight excluding hydrogens is 356 g/mol. The van der Waals surface area contributed by atoms with E-state index in [1.165, 1.54) is 6.20 Å². The molecule has 7 nitrogen and oxygen atoms in total. The van der Waals surface area contributed by atoms with Gasteiger partial charge in [-0.1, -0.05) is 24.6 Å². The first-order valence-electron chi connectivity index (χ1n) is 7.97. The molecule has 2 aromatic heterocycles. The standard InChI is InChI=1S/C18H17ClN4O3/c1-3-12-15(19)23-16(21-12)17(24)22-13-5-4-10(6-9(13)2)14-7-11(8-20-14)18(25)26/h4-8,20H,3H2,1-2H3,(H,21,23)(H,22,24)(H,25,26). The van der Waals surface area contributed by atoms with Gasteiger partial charge in [0.2, 0.25) is 0 Å². The maximum absolute atomic E-state index is 12.3. The summed E-state index contributed by atoms with van der Waals surface area (Å²) in [6, 6.07) is 6.98. The number of H-pyrrole nitrogens is 2. The highest BCUT2D eigenvalue weighted by atomic mass is 35.5. The number of aromatic nitrogens is 3. The molecule has 0 unspecified atom stereocenters. The van der Waals surface area contributed by atoms with E-state index in [0.717, 1.165) is 11.1 Å². The minimum absolute atomic E-state index is 0.158. The molecule has 0 aliphatic carbocycles. The number of carbonyl (C=O) groups is 2. The van der Waals surface area contributed by atoms with Gasteiger partial charge in [0.15, 0.2) is 11.0 Å². The van der Waals surface area contributed by atoms with Crippen LogP contribution in [0.2, 0.25) is 5.15 Å². The van der Waals surface area contributed by atoms with Gasteiger partial charge in [0.25, 0.3) is 5.91 Å². The van der Waals surface area contributed by atoms with Crippen LogP contribution < -0.4 is 5.32 Å². The molecule has 134 valence electrons. The average Bonchev–Trinajstić information content (AvgIpc) is 3.23. The maximum atomic E-state index is 12.3. The van der Waals surface area contributed by atoms with E-state index in [1.807, 2.05) is 19.9 Å². The third-order valence-corrected chi connectivity index (χ3v) is 4.33. The lowest BCUT2D eigenvalue weighted by Gasteiger charge is -2.09. The summed E-state index contributed by atoms with van der Waals surface area (Å²) in [5, 5.41) is 12.1. The Kier molecular flexibility index (Phi) is 4.81. The van der Waals surface area contributed by atoms with E-state index in [2.05, 4.69) is 20.3 Å². The molecule has 26 heavy (non-hydrogen) atoms. The van der Waals surface area contributed by atoms with Crippen LogP contribution in [0.4, 0.5) is 5.69 Å². The van der Waals surface area contributed by atoms with Crippen molar-refractivity contribution in [1.29, 1.82) is 0 Å². The first-order valence-corrected chi connectivity index (χ1v) is 8.35. The first-order chi connectivity index (χ1) is 12.4. The Morgan fingerprint density at radius 2 is 2.08 bits per heavy atom. The summed E-state index contributed by atoms with van der Waals surface area (Å²) in [6.45, 7) is 3.77. The number of carbonyl (C=O) groups excluding carboxylic acids is 1. The topological polar surface area (TPSA) is 111 Å². The number of aromatic carboxylic acids is 1. The SMILES string of the molecule is CCc1[nH]c(C(=O)Nc2ccc(-c3cc(C(=O)O)c[nH]3)cc2C)nc1Cl. The summed E-state index contributed by atoms with van der Waals surface area (Å²) in [7, 11) is 0. The lowest BCUT2D eigenvalue weighted by Crippen LogP contribution is -2.14. The van der Waals surface area contributed by atoms with Gasteiger partial charge in [-0.2, -0.15) is 0 Å². The third-order valence-electron chi connectivity index (χ3n) is 4.01. The lowest BCUT2D eigenvalue weighted by atomic mass is 10.1. The van der Waals surface area contributed by atoms with Gasteiger partial charge in [0.05, 0.1) is 11.3 Å². The summed E-state index contributed by atoms with van der Waals surface area (Å²) in [4.78, 5) is 33.2. The molecule has 0 fully saturated rings. The number of amides is 1. The molecule has 1 amide bonds. The Balaban J connectivity index is 1.80. The number of imidazole rings is 1. The van der Waals surface area contributed by atoms with Crippen molar-refractivity contribution in [2.45, 2.75) is 20.3 Å². The van der Waals surface area contributed by atoms with E-state index < -0.39 is 5.97 Å². The second kappa shape index (κ2) is 7.05. The fraction of sp³-hybridized carbons (Fsp3) is 0.167. The quantitative estimate of drug-likeness (QED) is 0.544. The van der Waals surface area contributed by atoms with Crippen LogP contribution in [0.15, 0.2) is 30.5 Å². The molecular formula is C18H17ClN4O3. The van der Waals surface area contributed by atoms with Gasteiger partial charge in [-0.15, -0.1) is 0 Å². The highest BCUT2D eigenvalue weighted by Gasteiger charge is 2.15. The van der Waals surface area contributed by atoms with E-state index in [9.17, 15) is 9.59 Å². The molecule has 4 N–H and O–H groups in total. The summed E-state index contributed by atoms with van der Waals surface area (Å²) < 4.78 is 0. The lowest BCUT2D eigenvalue weighted by molar-refractivity contribution is 0.0697. The number of hydrogen-bond donors (Lipinski definition) is 4. The second-order valence-electron chi connectivity index (χ2n) is 5.80. The van der Waals surface area contributed by atoms with Gasteiger partial charge in [0.1, 0.15) is 0 Å². The Bertz CT molecular complexity index is 990. The van der Waals surface area contributed by atoms with Crippen molar-refractivity contribution in [2.75, 3.05) is 5.32 Å². The van der Waals surface area contributed by atoms with Crippen molar-refractivity contribution < 1.29 is 14.7 Å². The van der Waals surface area contributed by atoms with Crippen LogP contribution in [-0.4, -0.2) is 31.9 Å². The van der Waals surface area contributed by atoms with E-state index in [1.54, 1.807) is 18.2 Å². The zero-order valence-electron chi connectivity index (χ0n) is 14.2. The Morgan fingerprint density at radius 1 is 1.31 bits per heavy atom. The zero-order chi connectivity index (χ0) is 18.8. The summed E-state index contributed by atoms with van der Waals surface area (Å²) >= 11 is 5.97. The molecule has 0 radical (unpaired) electrons. The van der Waals surface area contributed by atoms with Crippen molar-refractivity contribution in [3.05, 3.63) is 58.3 Å². The van der Waals surface area contributed by atoms with Crippen LogP contribution >= 0.6 is 11.6 Å². The van der Waals surface area contributed by atoms with Crippen molar-refractivity contribution >= 4 is 29.2 Å². The van der Waals surface area contributed by atoms with Crippen molar-refractivity contribution in [3.63, 3.8) is 0 Å². The number of rotatable bonds is 5. The van der Waals surface area contributed by atoms with E-state index in [4.69, 9.17) is 16.7 Å². The van der Waals surface area contributed by atoms with Gasteiger partial charge in [-0.05, 0) is 42.7 Å². The van der Waals surface area contributed by atoms with Crippen LogP contribution in [0.25, 0.3) is 11.3 Å². The molecule has 2 heterocycles. The fourth-order valence-corrected chi connectivity index (χ4v) is 2.83. The molecule has 3 rings (SSSR count). The molecule has 0 aliphatic heterocycles. The largest absolute Gasteiger partial charge is 0.478 e. The van der Waals surface area contributed by atoms with E-state index in [0.29, 0.717) is 28.6 Å². The number of aryl methyl sites for hydroxylation is 2. The summed E-state index contributed by atoms with van der Waals surface area (Å²) in [5.74, 6) is -1.21. The predicted molar refractivity (Wildman–Crippen MR) is 98.9 cm³/mol. The number of benzene rings is 1. The molecule has 0 atom stereocenters.